The van der Waals surface area contributed by atoms with Gasteiger partial charge in [0.1, 0.15) is 0 Å². The molecule has 0 aliphatic heterocycles. The van der Waals surface area contributed by atoms with Crippen molar-refractivity contribution in [1.82, 2.24) is 10.3 Å². The summed E-state index contributed by atoms with van der Waals surface area (Å²) in [5.74, 6) is 0.590. The molecule has 2 aliphatic rings. The molecular formula is C26H24N2O2. The van der Waals surface area contributed by atoms with Crippen LogP contribution < -0.4 is 5.32 Å². The van der Waals surface area contributed by atoms with Crippen LogP contribution in [0.25, 0.3) is 22.2 Å². The highest BCUT2D eigenvalue weighted by Gasteiger charge is 2.64. The van der Waals surface area contributed by atoms with Crippen LogP contribution >= 0.6 is 0 Å². The fourth-order valence-electron chi connectivity index (χ4n) is 5.09. The molecule has 0 radical (unpaired) electrons. The number of amides is 1. The van der Waals surface area contributed by atoms with Gasteiger partial charge in [-0.1, -0.05) is 62.4 Å². The molecule has 2 aromatic carbocycles. The van der Waals surface area contributed by atoms with Crippen molar-refractivity contribution >= 4 is 22.6 Å². The number of fused-ring (bicyclic) bond motifs is 2. The van der Waals surface area contributed by atoms with Gasteiger partial charge in [-0.3, -0.25) is 9.59 Å². The molecule has 0 saturated heterocycles. The van der Waals surface area contributed by atoms with E-state index in [9.17, 15) is 9.59 Å². The normalized spacial score (nSPS) is 21.4. The van der Waals surface area contributed by atoms with E-state index in [1.807, 2.05) is 60.7 Å². The maximum absolute atomic E-state index is 13.4. The van der Waals surface area contributed by atoms with Crippen LogP contribution in [0.5, 0.6) is 0 Å². The third kappa shape index (κ3) is 2.86. The lowest BCUT2D eigenvalue weighted by Gasteiger charge is -2.16. The van der Waals surface area contributed by atoms with E-state index in [1.54, 1.807) is 6.92 Å². The summed E-state index contributed by atoms with van der Waals surface area (Å²) in [7, 11) is 0. The number of hydrogen-bond acceptors (Lipinski definition) is 3. The summed E-state index contributed by atoms with van der Waals surface area (Å²) in [6.07, 6.45) is 0.757. The van der Waals surface area contributed by atoms with Crippen LogP contribution in [-0.2, 0) is 4.79 Å². The first-order chi connectivity index (χ1) is 14.4. The molecule has 1 fully saturated rings. The average molecular weight is 396 g/mol. The maximum Gasteiger partial charge on any atom is 0.256 e. The van der Waals surface area contributed by atoms with Gasteiger partial charge in [-0.2, -0.15) is 0 Å². The van der Waals surface area contributed by atoms with E-state index in [0.717, 1.165) is 39.9 Å². The number of pyridine rings is 1. The van der Waals surface area contributed by atoms with Gasteiger partial charge in [0.25, 0.3) is 5.91 Å². The zero-order valence-corrected chi connectivity index (χ0v) is 17.4. The minimum absolute atomic E-state index is 0.0629. The number of aromatic nitrogens is 1. The second-order valence-corrected chi connectivity index (χ2v) is 8.95. The molecule has 1 heterocycles. The molecule has 1 amide bonds. The van der Waals surface area contributed by atoms with Crippen molar-refractivity contribution in [2.24, 2.45) is 17.3 Å². The standard InChI is InChI=1S/C26H24N2O2/c1-15(29)23-22(14-19-24(23)26(19,2)3)28-25(30)18-13-21(16-9-5-4-6-10-16)27-20-12-8-7-11-17(18)20/h4-13,19,24H,14H2,1-3H3,(H,28,30)/t19-,24-/m0/s1. The van der Waals surface area contributed by atoms with Gasteiger partial charge in [0, 0.05) is 22.2 Å². The van der Waals surface area contributed by atoms with Crippen molar-refractivity contribution in [3.8, 4) is 11.3 Å². The van der Waals surface area contributed by atoms with Crippen LogP contribution in [0.1, 0.15) is 37.6 Å². The Bertz CT molecular complexity index is 1220. The van der Waals surface area contributed by atoms with E-state index >= 15 is 0 Å². The number of benzene rings is 2. The van der Waals surface area contributed by atoms with Crippen LogP contribution in [0, 0.1) is 17.3 Å². The van der Waals surface area contributed by atoms with Gasteiger partial charge in [-0.05, 0) is 42.7 Å². The molecule has 3 aromatic rings. The first-order valence-corrected chi connectivity index (χ1v) is 10.4. The lowest BCUT2D eigenvalue weighted by Crippen LogP contribution is -2.26. The molecule has 4 nitrogen and oxygen atoms in total. The number of carbonyl (C=O) groups excluding carboxylic acids is 2. The van der Waals surface area contributed by atoms with Crippen molar-refractivity contribution < 1.29 is 9.59 Å². The summed E-state index contributed by atoms with van der Waals surface area (Å²) in [5, 5.41) is 3.90. The Labute approximate surface area is 176 Å². The largest absolute Gasteiger partial charge is 0.325 e. The first kappa shape index (κ1) is 18.7. The van der Waals surface area contributed by atoms with Gasteiger partial charge < -0.3 is 5.32 Å². The van der Waals surface area contributed by atoms with E-state index in [-0.39, 0.29) is 23.0 Å². The molecule has 2 atom stereocenters. The molecule has 2 aliphatic carbocycles. The van der Waals surface area contributed by atoms with E-state index in [4.69, 9.17) is 4.98 Å². The minimum Gasteiger partial charge on any atom is -0.325 e. The Balaban J connectivity index is 1.56. The predicted molar refractivity (Wildman–Crippen MR) is 118 cm³/mol. The Morgan fingerprint density at radius 1 is 1.03 bits per heavy atom. The van der Waals surface area contributed by atoms with Gasteiger partial charge >= 0.3 is 0 Å². The third-order valence-electron chi connectivity index (χ3n) is 6.78. The summed E-state index contributed by atoms with van der Waals surface area (Å²) < 4.78 is 0. The number of carbonyl (C=O) groups is 2. The van der Waals surface area contributed by atoms with Crippen LogP contribution in [0.2, 0.25) is 0 Å². The molecule has 1 aromatic heterocycles. The summed E-state index contributed by atoms with van der Waals surface area (Å²) in [6.45, 7) is 6.01. The molecule has 5 rings (SSSR count). The van der Waals surface area contributed by atoms with Crippen molar-refractivity contribution in [2.75, 3.05) is 0 Å². The summed E-state index contributed by atoms with van der Waals surface area (Å²) in [5.41, 5.74) is 4.83. The number of rotatable bonds is 4. The molecule has 0 spiro atoms. The van der Waals surface area contributed by atoms with E-state index in [2.05, 4.69) is 19.2 Å². The monoisotopic (exact) mass is 396 g/mol. The number of nitrogens with one attached hydrogen (secondary N) is 1. The molecule has 4 heteroatoms. The molecule has 1 saturated carbocycles. The maximum atomic E-state index is 13.4. The molecule has 0 bridgehead atoms. The van der Waals surface area contributed by atoms with Gasteiger partial charge in [-0.25, -0.2) is 4.98 Å². The number of Topliss-reactive ketones (excluding diaryl/α,β-unsaturated/α-hetero) is 1. The molecular weight excluding hydrogens is 372 g/mol. The number of para-hydroxylation sites is 1. The van der Waals surface area contributed by atoms with Gasteiger partial charge in [0.2, 0.25) is 0 Å². The number of hydrogen-bond donors (Lipinski definition) is 1. The number of allylic oxidation sites excluding steroid dienone is 2. The SMILES string of the molecule is CC(=O)C1=C(NC(=O)c2cc(-c3ccccc3)nc3ccccc23)C[C@H]2[C@@H]1C2(C)C. The molecule has 150 valence electrons. The lowest BCUT2D eigenvalue weighted by molar-refractivity contribution is -0.114. The number of ketones is 1. The highest BCUT2D eigenvalue weighted by molar-refractivity contribution is 6.08. The van der Waals surface area contributed by atoms with Gasteiger partial charge in [0.15, 0.2) is 5.78 Å². The topological polar surface area (TPSA) is 59.1 Å². The highest BCUT2D eigenvalue weighted by Crippen LogP contribution is 2.68. The third-order valence-corrected chi connectivity index (χ3v) is 6.78. The Morgan fingerprint density at radius 2 is 1.73 bits per heavy atom. The predicted octanol–water partition coefficient (Wildman–Crippen LogP) is 5.15. The van der Waals surface area contributed by atoms with Crippen LogP contribution in [0.4, 0.5) is 0 Å². The van der Waals surface area contributed by atoms with E-state index in [0.29, 0.717) is 11.5 Å². The van der Waals surface area contributed by atoms with Crippen LogP contribution in [0.15, 0.2) is 71.9 Å². The summed E-state index contributed by atoms with van der Waals surface area (Å²) in [4.78, 5) is 30.5. The fourth-order valence-corrected chi connectivity index (χ4v) is 5.09. The summed E-state index contributed by atoms with van der Waals surface area (Å²) >= 11 is 0. The molecule has 1 N–H and O–H groups in total. The first-order valence-electron chi connectivity index (χ1n) is 10.4. The van der Waals surface area contributed by atoms with Gasteiger partial charge in [0.05, 0.1) is 16.8 Å². The Kier molecular flexibility index (Phi) is 4.14. The second-order valence-electron chi connectivity index (χ2n) is 8.95. The van der Waals surface area contributed by atoms with Crippen LogP contribution in [0.3, 0.4) is 0 Å². The van der Waals surface area contributed by atoms with E-state index < -0.39 is 0 Å². The Hall–Kier alpha value is -3.27. The van der Waals surface area contributed by atoms with Crippen LogP contribution in [-0.4, -0.2) is 16.7 Å². The second kappa shape index (κ2) is 6.63. The average Bonchev–Trinajstić information content (AvgIpc) is 3.08. The zero-order chi connectivity index (χ0) is 21.0. The number of nitrogens with zero attached hydrogens (tertiary/aromatic N) is 1. The smallest absolute Gasteiger partial charge is 0.256 e. The van der Waals surface area contributed by atoms with E-state index in [1.165, 1.54) is 0 Å². The van der Waals surface area contributed by atoms with Crippen molar-refractivity contribution in [2.45, 2.75) is 27.2 Å². The summed E-state index contributed by atoms with van der Waals surface area (Å²) in [6, 6.07) is 19.4. The van der Waals surface area contributed by atoms with Crippen molar-refractivity contribution in [3.63, 3.8) is 0 Å². The van der Waals surface area contributed by atoms with Crippen molar-refractivity contribution in [1.29, 1.82) is 0 Å². The quantitative estimate of drug-likeness (QED) is 0.663. The fraction of sp³-hybridized carbons (Fsp3) is 0.269. The zero-order valence-electron chi connectivity index (χ0n) is 17.4. The molecule has 30 heavy (non-hydrogen) atoms. The van der Waals surface area contributed by atoms with Crippen molar-refractivity contribution in [3.05, 3.63) is 77.5 Å². The van der Waals surface area contributed by atoms with Gasteiger partial charge in [-0.15, -0.1) is 0 Å². The molecule has 0 unspecified atom stereocenters. The minimum atomic E-state index is -0.182. The Morgan fingerprint density at radius 3 is 2.47 bits per heavy atom. The lowest BCUT2D eigenvalue weighted by atomic mass is 9.96. The highest BCUT2D eigenvalue weighted by atomic mass is 16.2.